The summed E-state index contributed by atoms with van der Waals surface area (Å²) < 4.78 is 17.8. The maximum atomic E-state index is 11.5. The molecular formula is C17H16Br2O4. The summed E-state index contributed by atoms with van der Waals surface area (Å²) in [6.45, 7) is 3.61. The van der Waals surface area contributed by atoms with E-state index in [1.54, 1.807) is 20.1 Å². The summed E-state index contributed by atoms with van der Waals surface area (Å²) in [5.74, 6) is 2.26. The smallest absolute Gasteiger partial charge is 0.310 e. The van der Waals surface area contributed by atoms with Crippen LogP contribution in [0.5, 0.6) is 23.0 Å². The average molecular weight is 444 g/mol. The Kier molecular flexibility index (Phi) is 6.07. The molecule has 23 heavy (non-hydrogen) atoms. The van der Waals surface area contributed by atoms with Gasteiger partial charge in [0.25, 0.3) is 0 Å². The third-order valence-electron chi connectivity index (χ3n) is 3.16. The van der Waals surface area contributed by atoms with E-state index in [9.17, 15) is 4.79 Å². The minimum atomic E-state index is -0.282. The molecule has 0 heterocycles. The lowest BCUT2D eigenvalue weighted by Gasteiger charge is -2.15. The predicted molar refractivity (Wildman–Crippen MR) is 95.6 cm³/mol. The van der Waals surface area contributed by atoms with E-state index in [1.807, 2.05) is 31.2 Å². The molecule has 0 spiro atoms. The first-order chi connectivity index (χ1) is 11.0. The van der Waals surface area contributed by atoms with Gasteiger partial charge in [-0.2, -0.15) is 0 Å². The molecule has 122 valence electrons. The molecule has 0 atom stereocenters. The zero-order chi connectivity index (χ0) is 17.0. The fourth-order valence-corrected chi connectivity index (χ4v) is 3.07. The molecule has 6 heteroatoms. The third kappa shape index (κ3) is 4.26. The quantitative estimate of drug-likeness (QED) is 0.443. The number of carbonyl (C=O) groups excluding carboxylic acids is 1. The van der Waals surface area contributed by atoms with Gasteiger partial charge < -0.3 is 14.2 Å². The summed E-state index contributed by atoms with van der Waals surface area (Å²) in [6, 6.07) is 9.01. The average Bonchev–Trinajstić information content (AvgIpc) is 2.56. The van der Waals surface area contributed by atoms with Gasteiger partial charge >= 0.3 is 5.97 Å². The molecule has 0 unspecified atom stereocenters. The van der Waals surface area contributed by atoms with Crippen LogP contribution in [0.2, 0.25) is 0 Å². The van der Waals surface area contributed by atoms with Crippen LogP contribution in [0.4, 0.5) is 0 Å². The molecule has 0 radical (unpaired) electrons. The highest BCUT2D eigenvalue weighted by Gasteiger charge is 2.17. The molecule has 0 saturated carbocycles. The van der Waals surface area contributed by atoms with Crippen molar-refractivity contribution in [2.24, 2.45) is 0 Å². The molecule has 0 aliphatic heterocycles. The molecule has 0 saturated heterocycles. The Morgan fingerprint density at radius 3 is 2.30 bits per heavy atom. The number of benzene rings is 2. The van der Waals surface area contributed by atoms with Crippen molar-refractivity contribution in [1.82, 2.24) is 0 Å². The Morgan fingerprint density at radius 1 is 1.13 bits per heavy atom. The summed E-state index contributed by atoms with van der Waals surface area (Å²) in [7, 11) is 1.61. The van der Waals surface area contributed by atoms with Crippen LogP contribution in [-0.2, 0) is 4.79 Å². The first-order valence-corrected chi connectivity index (χ1v) is 8.56. The van der Waals surface area contributed by atoms with Crippen LogP contribution in [0.1, 0.15) is 18.9 Å². The minimum Gasteiger partial charge on any atom is -0.497 e. The standard InChI is InChI=1S/C17H16Br2O4/c1-4-15(20)23-14-9-13(18)17(16(19)10(14)2)22-12-7-5-11(21-3)6-8-12/h5-9H,4H2,1-3H3. The van der Waals surface area contributed by atoms with Crippen LogP contribution in [0.25, 0.3) is 0 Å². The number of hydrogen-bond acceptors (Lipinski definition) is 4. The molecule has 0 fully saturated rings. The van der Waals surface area contributed by atoms with Crippen molar-refractivity contribution in [2.75, 3.05) is 7.11 Å². The van der Waals surface area contributed by atoms with Gasteiger partial charge in [-0.3, -0.25) is 4.79 Å². The van der Waals surface area contributed by atoms with Crippen LogP contribution >= 0.6 is 31.9 Å². The topological polar surface area (TPSA) is 44.8 Å². The van der Waals surface area contributed by atoms with Gasteiger partial charge in [-0.05, 0) is 69.1 Å². The van der Waals surface area contributed by atoms with E-state index in [0.717, 1.165) is 15.8 Å². The Labute approximate surface area is 152 Å². The fourth-order valence-electron chi connectivity index (χ4n) is 1.83. The van der Waals surface area contributed by atoms with Gasteiger partial charge in [0.15, 0.2) is 5.75 Å². The van der Waals surface area contributed by atoms with Crippen LogP contribution in [-0.4, -0.2) is 13.1 Å². The summed E-state index contributed by atoms with van der Waals surface area (Å²) in [5, 5.41) is 0. The number of ether oxygens (including phenoxy) is 3. The number of hydrogen-bond donors (Lipinski definition) is 0. The Balaban J connectivity index is 2.31. The van der Waals surface area contributed by atoms with Gasteiger partial charge in [-0.25, -0.2) is 0 Å². The maximum Gasteiger partial charge on any atom is 0.310 e. The second-order valence-corrected chi connectivity index (χ2v) is 6.38. The molecule has 0 bridgehead atoms. The minimum absolute atomic E-state index is 0.282. The van der Waals surface area contributed by atoms with Crippen LogP contribution < -0.4 is 14.2 Å². The van der Waals surface area contributed by atoms with E-state index >= 15 is 0 Å². The monoisotopic (exact) mass is 442 g/mol. The second kappa shape index (κ2) is 7.84. The van der Waals surface area contributed by atoms with Crippen LogP contribution in [0, 0.1) is 6.92 Å². The molecule has 2 rings (SSSR count). The van der Waals surface area contributed by atoms with Gasteiger partial charge in [0.05, 0.1) is 16.1 Å². The van der Waals surface area contributed by atoms with Crippen molar-refractivity contribution >= 4 is 37.8 Å². The second-order valence-electron chi connectivity index (χ2n) is 4.73. The van der Waals surface area contributed by atoms with Crippen molar-refractivity contribution in [2.45, 2.75) is 20.3 Å². The first kappa shape index (κ1) is 17.8. The summed E-state index contributed by atoms with van der Waals surface area (Å²) >= 11 is 6.97. The Bertz CT molecular complexity index is 712. The largest absolute Gasteiger partial charge is 0.497 e. The van der Waals surface area contributed by atoms with Crippen molar-refractivity contribution in [3.63, 3.8) is 0 Å². The molecule has 4 nitrogen and oxygen atoms in total. The third-order valence-corrected chi connectivity index (χ3v) is 4.71. The number of halogens is 2. The van der Waals surface area contributed by atoms with Crippen LogP contribution in [0.3, 0.4) is 0 Å². The van der Waals surface area contributed by atoms with E-state index in [4.69, 9.17) is 14.2 Å². The molecule has 0 aliphatic carbocycles. The highest BCUT2D eigenvalue weighted by atomic mass is 79.9. The summed E-state index contributed by atoms with van der Waals surface area (Å²) in [5.41, 5.74) is 0.790. The molecular weight excluding hydrogens is 428 g/mol. The van der Waals surface area contributed by atoms with E-state index in [1.165, 1.54) is 0 Å². The van der Waals surface area contributed by atoms with Gasteiger partial charge in [0.2, 0.25) is 0 Å². The Hall–Kier alpha value is -1.53. The van der Waals surface area contributed by atoms with Crippen LogP contribution in [0.15, 0.2) is 39.3 Å². The van der Waals surface area contributed by atoms with E-state index < -0.39 is 0 Å². The van der Waals surface area contributed by atoms with Gasteiger partial charge in [-0.1, -0.05) is 6.92 Å². The van der Waals surface area contributed by atoms with Gasteiger partial charge in [-0.15, -0.1) is 0 Å². The normalized spacial score (nSPS) is 10.3. The van der Waals surface area contributed by atoms with E-state index in [0.29, 0.717) is 28.1 Å². The van der Waals surface area contributed by atoms with Gasteiger partial charge in [0.1, 0.15) is 17.2 Å². The molecule has 0 aliphatic rings. The lowest BCUT2D eigenvalue weighted by Crippen LogP contribution is -2.07. The van der Waals surface area contributed by atoms with E-state index in [2.05, 4.69) is 31.9 Å². The van der Waals surface area contributed by atoms with Crippen molar-refractivity contribution < 1.29 is 19.0 Å². The number of carbonyl (C=O) groups is 1. The van der Waals surface area contributed by atoms with Gasteiger partial charge in [0, 0.05) is 12.0 Å². The highest BCUT2D eigenvalue weighted by molar-refractivity contribution is 9.11. The molecule has 0 N–H and O–H groups in total. The fraction of sp³-hybridized carbons (Fsp3) is 0.235. The number of methoxy groups -OCH3 is 1. The molecule has 0 amide bonds. The summed E-state index contributed by atoms with van der Waals surface area (Å²) in [4.78, 5) is 11.5. The van der Waals surface area contributed by atoms with Crippen molar-refractivity contribution in [3.05, 3.63) is 44.8 Å². The van der Waals surface area contributed by atoms with Crippen molar-refractivity contribution in [1.29, 1.82) is 0 Å². The lowest BCUT2D eigenvalue weighted by molar-refractivity contribution is -0.134. The SMILES string of the molecule is CCC(=O)Oc1cc(Br)c(Oc2ccc(OC)cc2)c(Br)c1C. The zero-order valence-corrected chi connectivity index (χ0v) is 16.2. The number of rotatable bonds is 5. The first-order valence-electron chi connectivity index (χ1n) is 6.97. The highest BCUT2D eigenvalue weighted by Crippen LogP contribution is 2.43. The Morgan fingerprint density at radius 2 is 1.74 bits per heavy atom. The maximum absolute atomic E-state index is 11.5. The number of esters is 1. The molecule has 2 aromatic rings. The van der Waals surface area contributed by atoms with E-state index in [-0.39, 0.29) is 5.97 Å². The predicted octanol–water partition coefficient (Wildman–Crippen LogP) is 5.64. The van der Waals surface area contributed by atoms with Crippen molar-refractivity contribution in [3.8, 4) is 23.0 Å². The summed E-state index contributed by atoms with van der Waals surface area (Å²) in [6.07, 6.45) is 0.318. The zero-order valence-electron chi connectivity index (χ0n) is 13.0. The molecule has 2 aromatic carbocycles. The molecule has 0 aromatic heterocycles. The lowest BCUT2D eigenvalue weighted by atomic mass is 10.2.